The zero-order valence-corrected chi connectivity index (χ0v) is 13.6. The lowest BCUT2D eigenvalue weighted by Gasteiger charge is -2.23. The second-order valence-electron chi connectivity index (χ2n) is 5.78. The maximum Gasteiger partial charge on any atom is 0.340 e. The number of aromatic nitrogens is 2. The zero-order chi connectivity index (χ0) is 17.7. The molecule has 3 aromatic rings. The molecule has 1 amide bonds. The van der Waals surface area contributed by atoms with E-state index >= 15 is 0 Å². The molecule has 0 saturated heterocycles. The number of hydrogen-bond acceptors (Lipinski definition) is 6. The van der Waals surface area contributed by atoms with Crippen LogP contribution in [0.25, 0.3) is 11.4 Å². The van der Waals surface area contributed by atoms with Crippen molar-refractivity contribution in [2.24, 2.45) is 0 Å². The number of rotatable bonds is 6. The normalized spacial score (nSPS) is 13.0. The van der Waals surface area contributed by atoms with Gasteiger partial charge in [0.15, 0.2) is 0 Å². The van der Waals surface area contributed by atoms with E-state index in [0.29, 0.717) is 11.4 Å². The minimum absolute atomic E-state index is 0.0616. The first-order chi connectivity index (χ1) is 12.0. The van der Waals surface area contributed by atoms with Gasteiger partial charge >= 0.3 is 6.01 Å². The first-order valence-electron chi connectivity index (χ1n) is 7.76. The molecule has 0 saturated carbocycles. The fourth-order valence-corrected chi connectivity index (χ4v) is 2.36. The fourth-order valence-electron chi connectivity index (χ4n) is 2.36. The number of amides is 1. The average Bonchev–Trinajstić information content (AvgIpc) is 3.10. The summed E-state index contributed by atoms with van der Waals surface area (Å²) in [6.45, 7) is 1.59. The van der Waals surface area contributed by atoms with Gasteiger partial charge in [-0.15, -0.1) is 0 Å². The highest BCUT2D eigenvalue weighted by Gasteiger charge is 2.26. The van der Waals surface area contributed by atoms with E-state index in [1.807, 2.05) is 48.5 Å². The molecular weight excluding hydrogens is 320 g/mol. The molecule has 0 spiro atoms. The number of nitrogens with one attached hydrogen (secondary N) is 2. The molecule has 25 heavy (non-hydrogen) atoms. The van der Waals surface area contributed by atoms with Crippen LogP contribution in [0.15, 0.2) is 65.2 Å². The number of anilines is 1. The number of carbonyl (C=O) groups is 1. The molecule has 0 aliphatic rings. The van der Waals surface area contributed by atoms with Crippen LogP contribution in [0, 0.1) is 0 Å². The van der Waals surface area contributed by atoms with Crippen LogP contribution < -0.4 is 10.9 Å². The molecule has 3 rings (SSSR count). The summed E-state index contributed by atoms with van der Waals surface area (Å²) in [5, 5.41) is 14.3. The van der Waals surface area contributed by atoms with Crippen LogP contribution in [0.2, 0.25) is 0 Å². The lowest BCUT2D eigenvalue weighted by atomic mass is 9.92. The van der Waals surface area contributed by atoms with Crippen LogP contribution in [0.1, 0.15) is 18.9 Å². The molecule has 1 heterocycles. The highest BCUT2D eigenvalue weighted by molar-refractivity contribution is 5.78. The molecular formula is C18H18N4O3. The minimum Gasteiger partial charge on any atom is -0.385 e. The third-order valence-electron chi connectivity index (χ3n) is 3.67. The van der Waals surface area contributed by atoms with Gasteiger partial charge in [-0.1, -0.05) is 65.8 Å². The molecule has 7 heteroatoms. The van der Waals surface area contributed by atoms with E-state index in [9.17, 15) is 9.90 Å². The molecule has 2 aromatic carbocycles. The van der Waals surface area contributed by atoms with Gasteiger partial charge in [-0.05, 0) is 12.5 Å². The Bertz CT molecular complexity index is 832. The van der Waals surface area contributed by atoms with Crippen molar-refractivity contribution < 1.29 is 14.4 Å². The summed E-state index contributed by atoms with van der Waals surface area (Å²) in [5.41, 5.74) is 5.19. The SMILES string of the molecule is CC(O)(CC(=O)NNc1nc(-c2ccccc2)no1)c1ccccc1. The highest BCUT2D eigenvalue weighted by atomic mass is 16.5. The smallest absolute Gasteiger partial charge is 0.340 e. The van der Waals surface area contributed by atoms with Crippen LogP contribution in [0.5, 0.6) is 0 Å². The Balaban J connectivity index is 1.57. The van der Waals surface area contributed by atoms with E-state index in [0.717, 1.165) is 5.56 Å². The number of aliphatic hydroxyl groups is 1. The standard InChI is InChI=1S/C18H18N4O3/c1-18(24,14-10-6-3-7-11-14)12-15(23)20-21-17-19-16(22-25-17)13-8-4-2-5-9-13/h2-11,24H,12H2,1H3,(H,20,23)(H,19,21,22). The van der Waals surface area contributed by atoms with Gasteiger partial charge in [0, 0.05) is 5.56 Å². The molecule has 1 atom stereocenters. The largest absolute Gasteiger partial charge is 0.385 e. The van der Waals surface area contributed by atoms with Gasteiger partial charge in [0.2, 0.25) is 11.7 Å². The highest BCUT2D eigenvalue weighted by Crippen LogP contribution is 2.24. The van der Waals surface area contributed by atoms with Crippen molar-refractivity contribution in [1.82, 2.24) is 15.6 Å². The van der Waals surface area contributed by atoms with Crippen molar-refractivity contribution in [1.29, 1.82) is 0 Å². The van der Waals surface area contributed by atoms with Gasteiger partial charge in [-0.25, -0.2) is 5.43 Å². The molecule has 0 radical (unpaired) electrons. The Hall–Kier alpha value is -3.19. The Morgan fingerprint density at radius 1 is 1.12 bits per heavy atom. The van der Waals surface area contributed by atoms with E-state index in [2.05, 4.69) is 21.0 Å². The number of carbonyl (C=O) groups excluding carboxylic acids is 1. The van der Waals surface area contributed by atoms with Crippen molar-refractivity contribution in [3.8, 4) is 11.4 Å². The summed E-state index contributed by atoms with van der Waals surface area (Å²) in [6, 6.07) is 18.4. The Morgan fingerprint density at radius 3 is 2.44 bits per heavy atom. The topological polar surface area (TPSA) is 100 Å². The Kier molecular flexibility index (Phi) is 4.76. The van der Waals surface area contributed by atoms with Crippen molar-refractivity contribution in [3.63, 3.8) is 0 Å². The van der Waals surface area contributed by atoms with Gasteiger partial charge in [-0.3, -0.25) is 10.2 Å². The van der Waals surface area contributed by atoms with Crippen LogP contribution in [-0.4, -0.2) is 21.2 Å². The molecule has 0 fully saturated rings. The van der Waals surface area contributed by atoms with E-state index in [1.165, 1.54) is 0 Å². The minimum atomic E-state index is -1.28. The van der Waals surface area contributed by atoms with Crippen molar-refractivity contribution in [2.45, 2.75) is 18.9 Å². The maximum absolute atomic E-state index is 12.1. The Morgan fingerprint density at radius 2 is 1.76 bits per heavy atom. The third-order valence-corrected chi connectivity index (χ3v) is 3.67. The molecule has 0 aliphatic heterocycles. The second kappa shape index (κ2) is 7.14. The van der Waals surface area contributed by atoms with Crippen LogP contribution in [0.3, 0.4) is 0 Å². The number of hydrogen-bond donors (Lipinski definition) is 3. The summed E-state index contributed by atoms with van der Waals surface area (Å²) >= 11 is 0. The average molecular weight is 338 g/mol. The van der Waals surface area contributed by atoms with Gasteiger partial charge in [0.25, 0.3) is 0 Å². The molecule has 128 valence electrons. The third kappa shape index (κ3) is 4.21. The first kappa shape index (κ1) is 16.7. The summed E-state index contributed by atoms with van der Waals surface area (Å²) in [7, 11) is 0. The van der Waals surface area contributed by atoms with Crippen LogP contribution in [0.4, 0.5) is 6.01 Å². The second-order valence-corrected chi connectivity index (χ2v) is 5.78. The molecule has 0 bridgehead atoms. The molecule has 0 aliphatic carbocycles. The van der Waals surface area contributed by atoms with Gasteiger partial charge in [0.1, 0.15) is 0 Å². The molecule has 1 aromatic heterocycles. The molecule has 3 N–H and O–H groups in total. The van der Waals surface area contributed by atoms with Gasteiger partial charge in [-0.2, -0.15) is 4.98 Å². The quantitative estimate of drug-likeness (QED) is 0.597. The molecule has 1 unspecified atom stereocenters. The van der Waals surface area contributed by atoms with Crippen molar-refractivity contribution >= 4 is 11.9 Å². The molecule has 7 nitrogen and oxygen atoms in total. The lowest BCUT2D eigenvalue weighted by molar-refractivity contribution is -0.125. The van der Waals surface area contributed by atoms with E-state index in [1.54, 1.807) is 19.1 Å². The summed E-state index contributed by atoms with van der Waals surface area (Å²) in [5.74, 6) is 0.00180. The van der Waals surface area contributed by atoms with Crippen LogP contribution >= 0.6 is 0 Å². The predicted molar refractivity (Wildman–Crippen MR) is 92.1 cm³/mol. The number of hydrazine groups is 1. The summed E-state index contributed by atoms with van der Waals surface area (Å²) < 4.78 is 5.03. The monoisotopic (exact) mass is 338 g/mol. The summed E-state index contributed by atoms with van der Waals surface area (Å²) in [4.78, 5) is 16.2. The van der Waals surface area contributed by atoms with Crippen molar-refractivity contribution in [2.75, 3.05) is 5.43 Å². The van der Waals surface area contributed by atoms with Gasteiger partial charge in [0.05, 0.1) is 12.0 Å². The van der Waals surface area contributed by atoms with Crippen LogP contribution in [-0.2, 0) is 10.4 Å². The number of benzene rings is 2. The van der Waals surface area contributed by atoms with E-state index in [-0.39, 0.29) is 12.4 Å². The zero-order valence-electron chi connectivity index (χ0n) is 13.6. The van der Waals surface area contributed by atoms with E-state index < -0.39 is 11.5 Å². The van der Waals surface area contributed by atoms with E-state index in [4.69, 9.17) is 4.52 Å². The van der Waals surface area contributed by atoms with Crippen molar-refractivity contribution in [3.05, 3.63) is 66.2 Å². The Labute approximate surface area is 144 Å². The fraction of sp³-hybridized carbons (Fsp3) is 0.167. The maximum atomic E-state index is 12.1. The summed E-state index contributed by atoms with van der Waals surface area (Å²) in [6.07, 6.45) is -0.121. The van der Waals surface area contributed by atoms with Gasteiger partial charge < -0.3 is 9.63 Å². The first-order valence-corrected chi connectivity index (χ1v) is 7.76. The predicted octanol–water partition coefficient (Wildman–Crippen LogP) is 2.48. The lowest BCUT2D eigenvalue weighted by Crippen LogP contribution is -2.35. The number of nitrogens with zero attached hydrogens (tertiary/aromatic N) is 2.